The quantitative estimate of drug-likeness (QED) is 0.175. The third-order valence-electron chi connectivity index (χ3n) is 8.54. The zero-order chi connectivity index (χ0) is 32.3. The van der Waals surface area contributed by atoms with Crippen molar-refractivity contribution >= 4 is 16.5 Å². The predicted octanol–water partition coefficient (Wildman–Crippen LogP) is 11.6. The molecule has 0 saturated heterocycles. The third kappa shape index (κ3) is 5.85. The van der Waals surface area contributed by atoms with Crippen LogP contribution in [0.2, 0.25) is 0 Å². The molecule has 0 fully saturated rings. The zero-order valence-corrected chi connectivity index (χ0v) is 26.0. The Balaban J connectivity index is 1.09. The summed E-state index contributed by atoms with van der Waals surface area (Å²) in [4.78, 5) is 18.1. The van der Waals surface area contributed by atoms with Crippen LogP contribution in [0, 0.1) is 6.57 Å². The van der Waals surface area contributed by atoms with Crippen LogP contribution in [0.25, 0.3) is 83.2 Å². The van der Waals surface area contributed by atoms with Crippen LogP contribution in [0.1, 0.15) is 0 Å². The van der Waals surface area contributed by atoms with Crippen molar-refractivity contribution < 1.29 is 0 Å². The number of fused-ring (bicyclic) bond motifs is 1. The fourth-order valence-corrected chi connectivity index (χ4v) is 5.97. The van der Waals surface area contributed by atoms with Crippen molar-refractivity contribution in [2.45, 2.75) is 0 Å². The van der Waals surface area contributed by atoms with Crippen LogP contribution in [-0.2, 0) is 0 Å². The molecule has 8 rings (SSSR count). The van der Waals surface area contributed by atoms with Crippen molar-refractivity contribution in [2.75, 3.05) is 0 Å². The van der Waals surface area contributed by atoms with Gasteiger partial charge in [-0.15, -0.1) is 0 Å². The van der Waals surface area contributed by atoms with Gasteiger partial charge in [-0.1, -0.05) is 152 Å². The van der Waals surface area contributed by atoms with E-state index in [-0.39, 0.29) is 0 Å². The molecule has 4 nitrogen and oxygen atoms in total. The van der Waals surface area contributed by atoms with Crippen molar-refractivity contribution in [2.24, 2.45) is 0 Å². The topological polar surface area (TPSA) is 43.0 Å². The molecule has 48 heavy (non-hydrogen) atoms. The zero-order valence-electron chi connectivity index (χ0n) is 26.0. The predicted molar refractivity (Wildman–Crippen MR) is 196 cm³/mol. The lowest BCUT2D eigenvalue weighted by Crippen LogP contribution is -2.00. The third-order valence-corrected chi connectivity index (χ3v) is 8.54. The molecule has 1 aromatic heterocycles. The Kier molecular flexibility index (Phi) is 7.54. The maximum absolute atomic E-state index is 7.32. The van der Waals surface area contributed by atoms with Crippen molar-refractivity contribution in [1.82, 2.24) is 15.0 Å². The molecule has 1 heterocycles. The summed E-state index contributed by atoms with van der Waals surface area (Å²) in [6.07, 6.45) is 0. The normalized spacial score (nSPS) is 10.9. The molecule has 0 aliphatic heterocycles. The van der Waals surface area contributed by atoms with Crippen LogP contribution in [0.5, 0.6) is 0 Å². The second-order valence-corrected chi connectivity index (χ2v) is 11.6. The highest BCUT2D eigenvalue weighted by molar-refractivity contribution is 5.91. The Hall–Kier alpha value is -6.70. The van der Waals surface area contributed by atoms with Gasteiger partial charge >= 0.3 is 0 Å². The minimum absolute atomic E-state index is 0.641. The summed E-state index contributed by atoms with van der Waals surface area (Å²) in [6, 6.07) is 58.0. The van der Waals surface area contributed by atoms with E-state index in [4.69, 9.17) is 21.5 Å². The van der Waals surface area contributed by atoms with E-state index >= 15 is 0 Å². The molecule has 0 N–H and O–H groups in total. The number of hydrogen-bond donors (Lipinski definition) is 0. The van der Waals surface area contributed by atoms with Crippen molar-refractivity contribution in [3.05, 3.63) is 181 Å². The van der Waals surface area contributed by atoms with Crippen molar-refractivity contribution in [3.8, 4) is 67.5 Å². The SMILES string of the molecule is [C-]#[N+]c1cccc(-c2ccc(-c3ccc4ccc(-c5ccc(-c6nc(-c7ccccc7)nc(-c7ccccc7)n6)cc5)cc4c3)cc2)c1. The number of nitrogens with zero attached hydrogens (tertiary/aromatic N) is 4. The van der Waals surface area contributed by atoms with Crippen LogP contribution in [0.3, 0.4) is 0 Å². The second kappa shape index (κ2) is 12.6. The summed E-state index contributed by atoms with van der Waals surface area (Å²) in [7, 11) is 0. The van der Waals surface area contributed by atoms with Gasteiger partial charge < -0.3 is 0 Å². The second-order valence-electron chi connectivity index (χ2n) is 11.6. The van der Waals surface area contributed by atoms with Crippen LogP contribution in [0.15, 0.2) is 170 Å². The summed E-state index contributed by atoms with van der Waals surface area (Å²) >= 11 is 0. The fourth-order valence-electron chi connectivity index (χ4n) is 5.97. The van der Waals surface area contributed by atoms with Gasteiger partial charge in [0.1, 0.15) is 0 Å². The molecule has 0 aliphatic carbocycles. The molecule has 8 aromatic rings. The average Bonchev–Trinajstić information content (AvgIpc) is 3.18. The Labute approximate surface area is 279 Å². The van der Waals surface area contributed by atoms with Gasteiger partial charge in [0.15, 0.2) is 23.2 Å². The maximum Gasteiger partial charge on any atom is 0.187 e. The molecule has 4 heteroatoms. The van der Waals surface area contributed by atoms with Gasteiger partial charge in [0.05, 0.1) is 6.57 Å². The van der Waals surface area contributed by atoms with Gasteiger partial charge in [0.2, 0.25) is 0 Å². The summed E-state index contributed by atoms with van der Waals surface area (Å²) in [5.41, 5.74) is 10.2. The first kappa shape index (κ1) is 28.8. The van der Waals surface area contributed by atoms with E-state index in [0.29, 0.717) is 23.2 Å². The van der Waals surface area contributed by atoms with Gasteiger partial charge in [0.25, 0.3) is 0 Å². The molecule has 0 spiro atoms. The minimum atomic E-state index is 0.641. The molecule has 0 unspecified atom stereocenters. The molecular weight excluding hydrogens is 585 g/mol. The molecule has 0 radical (unpaired) electrons. The number of rotatable bonds is 6. The number of benzene rings is 7. The molecule has 0 bridgehead atoms. The largest absolute Gasteiger partial charge is 0.238 e. The standard InChI is InChI=1S/C44H28N4/c1-45-41-14-8-13-37(29-41)30-15-17-31(18-16-30)38-25-21-33-22-26-39(28-40(33)27-38)32-19-23-36(24-20-32)44-47-42(34-9-4-2-5-10-34)46-43(48-44)35-11-6-3-7-12-35/h2-29H. The fraction of sp³-hybridized carbons (Fsp3) is 0. The first-order valence-electron chi connectivity index (χ1n) is 15.8. The Morgan fingerprint density at radius 2 is 0.688 bits per heavy atom. The van der Waals surface area contributed by atoms with Crippen LogP contribution in [-0.4, -0.2) is 15.0 Å². The van der Waals surface area contributed by atoms with Crippen LogP contribution in [0.4, 0.5) is 5.69 Å². The molecule has 0 aliphatic rings. The molecule has 0 atom stereocenters. The van der Waals surface area contributed by atoms with Gasteiger partial charge in [-0.2, -0.15) is 0 Å². The van der Waals surface area contributed by atoms with Crippen molar-refractivity contribution in [3.63, 3.8) is 0 Å². The summed E-state index contributed by atoms with van der Waals surface area (Å²) in [5.74, 6) is 1.94. The first-order valence-corrected chi connectivity index (χ1v) is 15.8. The van der Waals surface area contributed by atoms with E-state index in [2.05, 4.69) is 89.8 Å². The van der Waals surface area contributed by atoms with Crippen LogP contribution < -0.4 is 0 Å². The Morgan fingerprint density at radius 1 is 0.312 bits per heavy atom. The lowest BCUT2D eigenvalue weighted by molar-refractivity contribution is 1.07. The van der Waals surface area contributed by atoms with Gasteiger partial charge in [0, 0.05) is 16.7 Å². The summed E-state index contributed by atoms with van der Waals surface area (Å²) < 4.78 is 0. The molecule has 224 valence electrons. The van der Waals surface area contributed by atoms with Gasteiger partial charge in [-0.05, 0) is 62.4 Å². The lowest BCUT2D eigenvalue weighted by Gasteiger charge is -2.10. The molecule has 0 saturated carbocycles. The molecular formula is C44H28N4. The van der Waals surface area contributed by atoms with E-state index in [9.17, 15) is 0 Å². The van der Waals surface area contributed by atoms with E-state index in [1.807, 2.05) is 84.9 Å². The summed E-state index contributed by atoms with van der Waals surface area (Å²) in [6.45, 7) is 7.32. The first-order chi connectivity index (χ1) is 23.7. The monoisotopic (exact) mass is 612 g/mol. The summed E-state index contributed by atoms with van der Waals surface area (Å²) in [5, 5.41) is 2.37. The number of aromatic nitrogens is 3. The van der Waals surface area contributed by atoms with E-state index in [0.717, 1.165) is 50.1 Å². The highest BCUT2D eigenvalue weighted by Crippen LogP contribution is 2.32. The Morgan fingerprint density at radius 3 is 1.15 bits per heavy atom. The lowest BCUT2D eigenvalue weighted by atomic mass is 9.96. The van der Waals surface area contributed by atoms with Gasteiger partial charge in [-0.25, -0.2) is 19.8 Å². The van der Waals surface area contributed by atoms with Gasteiger partial charge in [-0.3, -0.25) is 0 Å². The van der Waals surface area contributed by atoms with E-state index < -0.39 is 0 Å². The van der Waals surface area contributed by atoms with E-state index in [1.165, 1.54) is 10.8 Å². The smallest absolute Gasteiger partial charge is 0.187 e. The Bertz CT molecular complexity index is 2370. The maximum atomic E-state index is 7.32. The van der Waals surface area contributed by atoms with Crippen molar-refractivity contribution in [1.29, 1.82) is 0 Å². The number of hydrogen-bond acceptors (Lipinski definition) is 3. The molecule has 0 amide bonds. The highest BCUT2D eigenvalue weighted by atomic mass is 15.0. The molecule has 7 aromatic carbocycles. The minimum Gasteiger partial charge on any atom is -0.238 e. The highest BCUT2D eigenvalue weighted by Gasteiger charge is 2.12. The average molecular weight is 613 g/mol. The van der Waals surface area contributed by atoms with E-state index in [1.54, 1.807) is 0 Å². The van der Waals surface area contributed by atoms with Crippen LogP contribution >= 0.6 is 0 Å².